The summed E-state index contributed by atoms with van der Waals surface area (Å²) in [6.07, 6.45) is 1.42. The molecule has 0 rings (SSSR count). The molecule has 0 fully saturated rings. The molecule has 0 aliphatic rings. The molecule has 0 heterocycles. The first-order chi connectivity index (χ1) is 6.56. The molecule has 0 radical (unpaired) electrons. The average molecular weight is 202 g/mol. The van der Waals surface area contributed by atoms with Crippen LogP contribution < -0.4 is 10.6 Å². The number of carbonyl (C=O) groups is 2. The van der Waals surface area contributed by atoms with Crippen LogP contribution in [0.4, 0.5) is 4.79 Å². The molecule has 82 valence electrons. The van der Waals surface area contributed by atoms with Crippen LogP contribution in [0.1, 0.15) is 33.1 Å². The third kappa shape index (κ3) is 7.39. The van der Waals surface area contributed by atoms with Crippen molar-refractivity contribution in [3.05, 3.63) is 0 Å². The maximum absolute atomic E-state index is 11.0. The van der Waals surface area contributed by atoms with Crippen LogP contribution >= 0.6 is 0 Å². The van der Waals surface area contributed by atoms with Crippen LogP contribution in [0.25, 0.3) is 0 Å². The zero-order valence-corrected chi connectivity index (χ0v) is 8.67. The number of hydrogen-bond donors (Lipinski definition) is 3. The summed E-state index contributed by atoms with van der Waals surface area (Å²) in [5.41, 5.74) is 0. The van der Waals surface area contributed by atoms with Crippen molar-refractivity contribution in [3.63, 3.8) is 0 Å². The first-order valence-corrected chi connectivity index (χ1v) is 4.82. The molecule has 0 saturated heterocycles. The molecule has 14 heavy (non-hydrogen) atoms. The number of carboxylic acid groups (broad SMARTS) is 1. The molecule has 1 unspecified atom stereocenters. The van der Waals surface area contributed by atoms with Gasteiger partial charge in [0.1, 0.15) is 0 Å². The second-order valence-corrected chi connectivity index (χ2v) is 3.19. The van der Waals surface area contributed by atoms with Gasteiger partial charge in [0.25, 0.3) is 0 Å². The predicted molar refractivity (Wildman–Crippen MR) is 53.2 cm³/mol. The standard InChI is InChI=1S/C9H18N2O3/c1-3-10-9(14)11-7(2)5-4-6-8(12)13/h7H,3-6H2,1-2H3,(H,12,13)(H2,10,11,14). The fourth-order valence-corrected chi connectivity index (χ4v) is 1.07. The van der Waals surface area contributed by atoms with Crippen molar-refractivity contribution in [2.75, 3.05) is 6.54 Å². The molecule has 0 aliphatic heterocycles. The van der Waals surface area contributed by atoms with E-state index in [1.54, 1.807) is 0 Å². The quantitative estimate of drug-likeness (QED) is 0.600. The normalized spacial score (nSPS) is 11.9. The molecular weight excluding hydrogens is 184 g/mol. The van der Waals surface area contributed by atoms with Crippen molar-refractivity contribution in [1.29, 1.82) is 0 Å². The van der Waals surface area contributed by atoms with E-state index < -0.39 is 5.97 Å². The average Bonchev–Trinajstić information content (AvgIpc) is 2.03. The van der Waals surface area contributed by atoms with Gasteiger partial charge in [0.15, 0.2) is 0 Å². The summed E-state index contributed by atoms with van der Waals surface area (Å²) in [6, 6.07) is -0.184. The van der Waals surface area contributed by atoms with E-state index in [1.165, 1.54) is 0 Å². The lowest BCUT2D eigenvalue weighted by molar-refractivity contribution is -0.137. The van der Waals surface area contributed by atoms with Gasteiger partial charge in [-0.2, -0.15) is 0 Å². The van der Waals surface area contributed by atoms with E-state index >= 15 is 0 Å². The Hall–Kier alpha value is -1.26. The van der Waals surface area contributed by atoms with Gasteiger partial charge in [0, 0.05) is 19.0 Å². The van der Waals surface area contributed by atoms with Crippen LogP contribution in [-0.4, -0.2) is 29.7 Å². The number of rotatable bonds is 6. The lowest BCUT2D eigenvalue weighted by atomic mass is 10.1. The predicted octanol–water partition coefficient (Wildman–Crippen LogP) is 0.949. The Labute approximate surface area is 83.9 Å². The summed E-state index contributed by atoms with van der Waals surface area (Å²) in [5, 5.41) is 13.7. The van der Waals surface area contributed by atoms with Crippen molar-refractivity contribution in [1.82, 2.24) is 10.6 Å². The van der Waals surface area contributed by atoms with Crippen LogP contribution in [0.3, 0.4) is 0 Å². The number of carboxylic acids is 1. The van der Waals surface area contributed by atoms with Crippen molar-refractivity contribution in [2.24, 2.45) is 0 Å². The molecule has 5 nitrogen and oxygen atoms in total. The highest BCUT2D eigenvalue weighted by Crippen LogP contribution is 1.99. The van der Waals surface area contributed by atoms with Crippen molar-refractivity contribution < 1.29 is 14.7 Å². The Bertz CT molecular complexity index is 194. The molecule has 1 atom stereocenters. The smallest absolute Gasteiger partial charge is 0.314 e. The second-order valence-electron chi connectivity index (χ2n) is 3.19. The Kier molecular flexibility index (Phi) is 6.53. The van der Waals surface area contributed by atoms with Gasteiger partial charge >= 0.3 is 12.0 Å². The summed E-state index contributed by atoms with van der Waals surface area (Å²) in [7, 11) is 0. The van der Waals surface area contributed by atoms with E-state index in [0.717, 1.165) is 0 Å². The lowest BCUT2D eigenvalue weighted by Gasteiger charge is -2.13. The number of aliphatic carboxylic acids is 1. The Morgan fingerprint density at radius 1 is 1.43 bits per heavy atom. The molecule has 0 spiro atoms. The van der Waals surface area contributed by atoms with E-state index in [2.05, 4.69) is 10.6 Å². The lowest BCUT2D eigenvalue weighted by Crippen LogP contribution is -2.40. The van der Waals surface area contributed by atoms with Gasteiger partial charge in [-0.05, 0) is 26.7 Å². The van der Waals surface area contributed by atoms with Crippen molar-refractivity contribution in [2.45, 2.75) is 39.2 Å². The molecule has 0 saturated carbocycles. The first-order valence-electron chi connectivity index (χ1n) is 4.82. The van der Waals surface area contributed by atoms with Crippen molar-refractivity contribution in [3.8, 4) is 0 Å². The van der Waals surface area contributed by atoms with Gasteiger partial charge in [-0.15, -0.1) is 0 Å². The summed E-state index contributed by atoms with van der Waals surface area (Å²) >= 11 is 0. The fourth-order valence-electron chi connectivity index (χ4n) is 1.07. The van der Waals surface area contributed by atoms with E-state index in [1.807, 2.05) is 13.8 Å². The monoisotopic (exact) mass is 202 g/mol. The SMILES string of the molecule is CCNC(=O)NC(C)CCCC(=O)O. The zero-order chi connectivity index (χ0) is 11.0. The van der Waals surface area contributed by atoms with Crippen LogP contribution in [0.2, 0.25) is 0 Å². The first kappa shape index (κ1) is 12.7. The highest BCUT2D eigenvalue weighted by atomic mass is 16.4. The number of nitrogens with one attached hydrogen (secondary N) is 2. The molecule has 0 aromatic rings. The molecule has 0 aromatic heterocycles. The number of hydrogen-bond acceptors (Lipinski definition) is 2. The zero-order valence-electron chi connectivity index (χ0n) is 8.67. The Morgan fingerprint density at radius 2 is 2.07 bits per heavy atom. The second kappa shape index (κ2) is 7.17. The Morgan fingerprint density at radius 3 is 2.57 bits per heavy atom. The number of urea groups is 1. The van der Waals surface area contributed by atoms with E-state index in [9.17, 15) is 9.59 Å². The van der Waals surface area contributed by atoms with Crippen LogP contribution in [0.5, 0.6) is 0 Å². The summed E-state index contributed by atoms with van der Waals surface area (Å²) in [4.78, 5) is 21.2. The van der Waals surface area contributed by atoms with Crippen LogP contribution in [0.15, 0.2) is 0 Å². The summed E-state index contributed by atoms with van der Waals surface area (Å²) in [6.45, 7) is 4.29. The highest BCUT2D eigenvalue weighted by Gasteiger charge is 2.06. The maximum atomic E-state index is 11.0. The molecule has 3 N–H and O–H groups in total. The van der Waals surface area contributed by atoms with Gasteiger partial charge in [0.2, 0.25) is 0 Å². The van der Waals surface area contributed by atoms with Gasteiger partial charge in [0.05, 0.1) is 0 Å². The fraction of sp³-hybridized carbons (Fsp3) is 0.778. The minimum absolute atomic E-state index is 0.0147. The van der Waals surface area contributed by atoms with E-state index in [4.69, 9.17) is 5.11 Å². The topological polar surface area (TPSA) is 78.4 Å². The van der Waals surface area contributed by atoms with Crippen LogP contribution in [0, 0.1) is 0 Å². The van der Waals surface area contributed by atoms with E-state index in [-0.39, 0.29) is 18.5 Å². The third-order valence-electron chi connectivity index (χ3n) is 1.74. The summed E-state index contributed by atoms with van der Waals surface area (Å²) in [5.74, 6) is -0.796. The largest absolute Gasteiger partial charge is 0.481 e. The van der Waals surface area contributed by atoms with Crippen LogP contribution in [-0.2, 0) is 4.79 Å². The van der Waals surface area contributed by atoms with Gasteiger partial charge in [-0.25, -0.2) is 4.79 Å². The maximum Gasteiger partial charge on any atom is 0.314 e. The summed E-state index contributed by atoms with van der Waals surface area (Å²) < 4.78 is 0. The molecule has 0 bridgehead atoms. The number of carbonyl (C=O) groups excluding carboxylic acids is 1. The minimum atomic E-state index is -0.796. The molecule has 0 aliphatic carbocycles. The molecular formula is C9H18N2O3. The van der Waals surface area contributed by atoms with Gasteiger partial charge in [-0.3, -0.25) is 4.79 Å². The third-order valence-corrected chi connectivity index (χ3v) is 1.74. The van der Waals surface area contributed by atoms with Gasteiger partial charge in [-0.1, -0.05) is 0 Å². The number of amides is 2. The van der Waals surface area contributed by atoms with E-state index in [0.29, 0.717) is 19.4 Å². The molecule has 5 heteroatoms. The highest BCUT2D eigenvalue weighted by molar-refractivity contribution is 5.74. The Balaban J connectivity index is 3.49. The molecule has 2 amide bonds. The molecule has 0 aromatic carbocycles. The minimum Gasteiger partial charge on any atom is -0.481 e. The van der Waals surface area contributed by atoms with Crippen molar-refractivity contribution >= 4 is 12.0 Å². The van der Waals surface area contributed by atoms with Gasteiger partial charge < -0.3 is 15.7 Å².